The number of esters is 1. The summed E-state index contributed by atoms with van der Waals surface area (Å²) in [7, 11) is 1.31. The van der Waals surface area contributed by atoms with Crippen LogP contribution in [0.4, 0.5) is 11.4 Å². The topological polar surface area (TPSA) is 71.5 Å². The minimum absolute atomic E-state index is 0.303. The highest BCUT2D eigenvalue weighted by Gasteiger charge is 2.16. The first kappa shape index (κ1) is 16.0. The van der Waals surface area contributed by atoms with Crippen LogP contribution in [0.15, 0.2) is 42.6 Å². The van der Waals surface area contributed by atoms with Gasteiger partial charge >= 0.3 is 5.97 Å². The number of benzene rings is 1. The molecule has 1 aromatic heterocycles. The summed E-state index contributed by atoms with van der Waals surface area (Å²) in [4.78, 5) is 30.6. The van der Waals surface area contributed by atoms with E-state index in [4.69, 9.17) is 4.74 Å². The molecular weight excluding hydrogens is 306 g/mol. The van der Waals surface area contributed by atoms with E-state index in [2.05, 4.69) is 15.2 Å². The average molecular weight is 325 g/mol. The molecule has 0 bridgehead atoms. The molecule has 1 aliphatic rings. The van der Waals surface area contributed by atoms with Gasteiger partial charge in [-0.15, -0.1) is 0 Å². The number of hydrogen-bond acceptors (Lipinski definition) is 5. The maximum absolute atomic E-state index is 12.4. The van der Waals surface area contributed by atoms with Crippen LogP contribution in [0.1, 0.15) is 33.7 Å². The van der Waals surface area contributed by atoms with Gasteiger partial charge in [0.15, 0.2) is 0 Å². The van der Waals surface area contributed by atoms with E-state index in [1.54, 1.807) is 36.5 Å². The summed E-state index contributed by atoms with van der Waals surface area (Å²) in [5.41, 5.74) is 2.04. The van der Waals surface area contributed by atoms with Crippen LogP contribution in [0.2, 0.25) is 0 Å². The number of carbonyl (C=O) groups is 2. The number of pyridine rings is 1. The molecule has 0 unspecified atom stereocenters. The quantitative estimate of drug-likeness (QED) is 0.875. The number of hydrogen-bond donors (Lipinski definition) is 1. The predicted molar refractivity (Wildman–Crippen MR) is 91.4 cm³/mol. The number of aromatic nitrogens is 1. The van der Waals surface area contributed by atoms with Crippen molar-refractivity contribution in [1.82, 2.24) is 4.98 Å². The van der Waals surface area contributed by atoms with Crippen molar-refractivity contribution in [3.05, 3.63) is 53.9 Å². The Hall–Kier alpha value is -2.89. The number of para-hydroxylation sites is 1. The molecule has 3 rings (SSSR count). The Kier molecular flexibility index (Phi) is 4.74. The molecule has 0 saturated carbocycles. The second-order valence-corrected chi connectivity index (χ2v) is 5.59. The molecule has 1 fully saturated rings. The van der Waals surface area contributed by atoms with Crippen LogP contribution in [0.5, 0.6) is 0 Å². The Morgan fingerprint density at radius 1 is 1.12 bits per heavy atom. The molecule has 6 heteroatoms. The Labute approximate surface area is 140 Å². The third-order valence-electron chi connectivity index (χ3n) is 4.03. The van der Waals surface area contributed by atoms with Crippen molar-refractivity contribution in [2.24, 2.45) is 0 Å². The van der Waals surface area contributed by atoms with Gasteiger partial charge in [-0.3, -0.25) is 4.79 Å². The van der Waals surface area contributed by atoms with Gasteiger partial charge < -0.3 is 15.0 Å². The van der Waals surface area contributed by atoms with E-state index in [1.807, 2.05) is 6.07 Å². The maximum atomic E-state index is 12.4. The highest BCUT2D eigenvalue weighted by molar-refractivity contribution is 6.07. The van der Waals surface area contributed by atoms with E-state index < -0.39 is 5.97 Å². The summed E-state index contributed by atoms with van der Waals surface area (Å²) in [5, 5.41) is 2.72. The Balaban J connectivity index is 1.74. The lowest BCUT2D eigenvalue weighted by molar-refractivity contribution is 0.0602. The van der Waals surface area contributed by atoms with E-state index in [1.165, 1.54) is 20.0 Å². The Bertz CT molecular complexity index is 737. The minimum atomic E-state index is -0.497. The van der Waals surface area contributed by atoms with Crippen molar-refractivity contribution in [3.63, 3.8) is 0 Å². The first-order valence-corrected chi connectivity index (χ1v) is 7.89. The van der Waals surface area contributed by atoms with Crippen LogP contribution in [-0.2, 0) is 4.74 Å². The predicted octanol–water partition coefficient (Wildman–Crippen LogP) is 2.72. The highest BCUT2D eigenvalue weighted by Crippen LogP contribution is 2.20. The number of amides is 1. The Morgan fingerprint density at radius 3 is 2.54 bits per heavy atom. The monoisotopic (exact) mass is 325 g/mol. The molecule has 1 saturated heterocycles. The standard InChI is InChI=1S/C18H19N3O3/c1-24-18(23)14-6-2-3-7-15(14)20-17(22)16-9-8-13(12-19-16)21-10-4-5-11-21/h2-3,6-9,12H,4-5,10-11H2,1H3,(H,20,22). The SMILES string of the molecule is COC(=O)c1ccccc1NC(=O)c1ccc(N2CCCC2)cn1. The number of anilines is 2. The fraction of sp³-hybridized carbons (Fsp3) is 0.278. The summed E-state index contributed by atoms with van der Waals surface area (Å²) in [6.07, 6.45) is 4.09. The largest absolute Gasteiger partial charge is 0.465 e. The van der Waals surface area contributed by atoms with Crippen molar-refractivity contribution >= 4 is 23.3 Å². The molecule has 0 aliphatic carbocycles. The molecule has 124 valence electrons. The molecule has 1 N–H and O–H groups in total. The number of nitrogens with one attached hydrogen (secondary N) is 1. The minimum Gasteiger partial charge on any atom is -0.465 e. The molecule has 1 aromatic carbocycles. The molecule has 24 heavy (non-hydrogen) atoms. The van der Waals surface area contributed by atoms with Gasteiger partial charge in [0.2, 0.25) is 0 Å². The molecule has 6 nitrogen and oxygen atoms in total. The number of nitrogens with zero attached hydrogens (tertiary/aromatic N) is 2. The fourth-order valence-electron chi connectivity index (χ4n) is 2.75. The van der Waals surface area contributed by atoms with Crippen molar-refractivity contribution in [2.45, 2.75) is 12.8 Å². The molecule has 1 aliphatic heterocycles. The van der Waals surface area contributed by atoms with Crippen LogP contribution >= 0.6 is 0 Å². The molecule has 2 aromatic rings. The third kappa shape index (κ3) is 3.37. The lowest BCUT2D eigenvalue weighted by atomic mass is 10.1. The van der Waals surface area contributed by atoms with Gasteiger partial charge in [0.25, 0.3) is 5.91 Å². The van der Waals surface area contributed by atoms with Crippen LogP contribution in [0, 0.1) is 0 Å². The van der Waals surface area contributed by atoms with E-state index in [9.17, 15) is 9.59 Å². The van der Waals surface area contributed by atoms with Crippen LogP contribution < -0.4 is 10.2 Å². The lowest BCUT2D eigenvalue weighted by Crippen LogP contribution is -2.19. The molecule has 0 atom stereocenters. The zero-order valence-electron chi connectivity index (χ0n) is 13.5. The molecule has 2 heterocycles. The van der Waals surface area contributed by atoms with Gasteiger partial charge in [0.1, 0.15) is 5.69 Å². The molecule has 1 amide bonds. The van der Waals surface area contributed by atoms with Crippen LogP contribution in [0.3, 0.4) is 0 Å². The van der Waals surface area contributed by atoms with Crippen LogP contribution in [-0.4, -0.2) is 37.1 Å². The van der Waals surface area contributed by atoms with Gasteiger partial charge in [-0.1, -0.05) is 12.1 Å². The van der Waals surface area contributed by atoms with Crippen molar-refractivity contribution in [2.75, 3.05) is 30.4 Å². The van der Waals surface area contributed by atoms with Gasteiger partial charge in [0.05, 0.1) is 30.2 Å². The van der Waals surface area contributed by atoms with E-state index >= 15 is 0 Å². The normalized spacial score (nSPS) is 13.6. The number of ether oxygens (including phenoxy) is 1. The summed E-state index contributed by atoms with van der Waals surface area (Å²) >= 11 is 0. The van der Waals surface area contributed by atoms with Gasteiger partial charge in [0, 0.05) is 13.1 Å². The van der Waals surface area contributed by atoms with E-state index in [0.717, 1.165) is 18.8 Å². The van der Waals surface area contributed by atoms with Gasteiger partial charge in [-0.25, -0.2) is 9.78 Å². The zero-order chi connectivity index (χ0) is 16.9. The number of rotatable bonds is 4. The summed E-state index contributed by atoms with van der Waals surface area (Å²) in [6, 6.07) is 10.3. The maximum Gasteiger partial charge on any atom is 0.339 e. The lowest BCUT2D eigenvalue weighted by Gasteiger charge is -2.17. The van der Waals surface area contributed by atoms with Crippen molar-refractivity contribution in [3.8, 4) is 0 Å². The second kappa shape index (κ2) is 7.12. The van der Waals surface area contributed by atoms with Crippen molar-refractivity contribution in [1.29, 1.82) is 0 Å². The number of carbonyl (C=O) groups excluding carboxylic acids is 2. The third-order valence-corrected chi connectivity index (χ3v) is 4.03. The first-order valence-electron chi connectivity index (χ1n) is 7.89. The highest BCUT2D eigenvalue weighted by atomic mass is 16.5. The summed E-state index contributed by atoms with van der Waals surface area (Å²) in [5.74, 6) is -0.859. The number of methoxy groups -OCH3 is 1. The van der Waals surface area contributed by atoms with Gasteiger partial charge in [-0.05, 0) is 37.1 Å². The van der Waals surface area contributed by atoms with Gasteiger partial charge in [-0.2, -0.15) is 0 Å². The Morgan fingerprint density at radius 2 is 1.88 bits per heavy atom. The van der Waals surface area contributed by atoms with Crippen molar-refractivity contribution < 1.29 is 14.3 Å². The molecule has 0 spiro atoms. The zero-order valence-corrected chi connectivity index (χ0v) is 13.5. The second-order valence-electron chi connectivity index (χ2n) is 5.59. The van der Waals surface area contributed by atoms with E-state index in [-0.39, 0.29) is 5.91 Å². The summed E-state index contributed by atoms with van der Waals surface area (Å²) in [6.45, 7) is 2.06. The molecular formula is C18H19N3O3. The first-order chi connectivity index (χ1) is 11.7. The van der Waals surface area contributed by atoms with E-state index in [0.29, 0.717) is 16.9 Å². The smallest absolute Gasteiger partial charge is 0.339 e. The molecule has 0 radical (unpaired) electrons. The summed E-state index contributed by atoms with van der Waals surface area (Å²) < 4.78 is 4.73. The average Bonchev–Trinajstić information content (AvgIpc) is 3.16. The fourth-order valence-corrected chi connectivity index (χ4v) is 2.75. The van der Waals surface area contributed by atoms with Crippen LogP contribution in [0.25, 0.3) is 0 Å².